The Morgan fingerprint density at radius 1 is 0.946 bits per heavy atom. The number of H-pyrrole nitrogens is 1. The van der Waals surface area contributed by atoms with Crippen molar-refractivity contribution in [2.45, 2.75) is 13.0 Å². The number of nitrogens with zero attached hydrogens (tertiary/aromatic N) is 3. The van der Waals surface area contributed by atoms with E-state index in [4.69, 9.17) is 9.47 Å². The second-order valence-electron chi connectivity index (χ2n) is 9.22. The maximum Gasteiger partial charge on any atom is 0.258 e. The minimum absolute atomic E-state index is 0.195. The molecule has 37 heavy (non-hydrogen) atoms. The maximum absolute atomic E-state index is 13.2. The second kappa shape index (κ2) is 12.9. The van der Waals surface area contributed by atoms with Crippen molar-refractivity contribution >= 4 is 28.3 Å². The smallest absolute Gasteiger partial charge is 0.258 e. The Morgan fingerprint density at radius 3 is 2.54 bits per heavy atom. The van der Waals surface area contributed by atoms with Crippen molar-refractivity contribution in [3.8, 4) is 5.75 Å². The molecule has 0 spiro atoms. The molecule has 0 bridgehead atoms. The van der Waals surface area contributed by atoms with Crippen molar-refractivity contribution in [1.82, 2.24) is 15.1 Å². The third kappa shape index (κ3) is 7.31. The fraction of sp³-hybridized carbons (Fsp3) is 0.310. The molecule has 0 radical (unpaired) electrons. The monoisotopic (exact) mass is 501 g/mol. The first-order valence-electron chi connectivity index (χ1n) is 12.5. The molecule has 0 aliphatic heterocycles. The fourth-order valence-corrected chi connectivity index (χ4v) is 4.08. The Balaban J connectivity index is 1.34. The second-order valence-corrected chi connectivity index (χ2v) is 9.22. The van der Waals surface area contributed by atoms with E-state index < -0.39 is 0 Å². The number of para-hydroxylation sites is 1. The third-order valence-electron chi connectivity index (χ3n) is 6.03. The molecule has 0 fully saturated rings. The van der Waals surface area contributed by atoms with Gasteiger partial charge in [-0.3, -0.25) is 9.89 Å². The van der Waals surface area contributed by atoms with Gasteiger partial charge in [-0.25, -0.2) is 0 Å². The van der Waals surface area contributed by atoms with Gasteiger partial charge in [0.25, 0.3) is 5.91 Å². The Hall–Kier alpha value is -3.88. The van der Waals surface area contributed by atoms with E-state index >= 15 is 0 Å². The molecule has 1 amide bonds. The van der Waals surface area contributed by atoms with E-state index in [0.29, 0.717) is 37.0 Å². The van der Waals surface area contributed by atoms with Gasteiger partial charge in [0, 0.05) is 30.7 Å². The number of nitrogens with one attached hydrogen (secondary N) is 2. The molecule has 3 aromatic carbocycles. The van der Waals surface area contributed by atoms with Crippen LogP contribution in [0, 0.1) is 0 Å². The molecule has 0 saturated heterocycles. The number of fused-ring (bicyclic) bond motifs is 1. The molecule has 0 atom stereocenters. The first kappa shape index (κ1) is 26.2. The molecule has 1 heterocycles. The summed E-state index contributed by atoms with van der Waals surface area (Å²) in [5.41, 5.74) is 3.42. The molecule has 0 aliphatic carbocycles. The molecule has 4 aromatic rings. The molecule has 0 unspecified atom stereocenters. The summed E-state index contributed by atoms with van der Waals surface area (Å²) in [5, 5.41) is 11.1. The zero-order valence-corrected chi connectivity index (χ0v) is 21.7. The first-order valence-corrected chi connectivity index (χ1v) is 12.5. The average molecular weight is 502 g/mol. The lowest BCUT2D eigenvalue weighted by molar-refractivity contribution is 0.0889. The van der Waals surface area contributed by atoms with Crippen LogP contribution in [0.4, 0.5) is 11.5 Å². The lowest BCUT2D eigenvalue weighted by Crippen LogP contribution is -2.25. The fourth-order valence-electron chi connectivity index (χ4n) is 4.08. The number of carbonyl (C=O) groups is 1. The Kier molecular flexibility index (Phi) is 9.13. The van der Waals surface area contributed by atoms with E-state index in [0.717, 1.165) is 41.7 Å². The zero-order chi connectivity index (χ0) is 26.0. The van der Waals surface area contributed by atoms with Gasteiger partial charge in [0.1, 0.15) is 12.4 Å². The maximum atomic E-state index is 13.2. The molecular weight excluding hydrogens is 466 g/mol. The van der Waals surface area contributed by atoms with E-state index in [1.807, 2.05) is 79.8 Å². The summed E-state index contributed by atoms with van der Waals surface area (Å²) in [6.07, 6.45) is 1.01. The molecule has 1 aromatic heterocycles. The van der Waals surface area contributed by atoms with Gasteiger partial charge in [0.15, 0.2) is 5.82 Å². The van der Waals surface area contributed by atoms with Crippen LogP contribution in [0.3, 0.4) is 0 Å². The summed E-state index contributed by atoms with van der Waals surface area (Å²) in [6, 6.07) is 23.3. The number of hydrogen-bond donors (Lipinski definition) is 2. The number of anilines is 2. The molecule has 0 saturated carbocycles. The van der Waals surface area contributed by atoms with Crippen LogP contribution in [-0.4, -0.2) is 68.5 Å². The highest BCUT2D eigenvalue weighted by atomic mass is 16.5. The quantitative estimate of drug-likeness (QED) is 0.256. The number of aromatic nitrogens is 2. The van der Waals surface area contributed by atoms with E-state index in [2.05, 4.69) is 39.4 Å². The van der Waals surface area contributed by atoms with Crippen LogP contribution in [-0.2, 0) is 11.3 Å². The number of amides is 1. The predicted molar refractivity (Wildman–Crippen MR) is 149 cm³/mol. The standard InChI is InChI=1S/C29H35N5O3/c1-33(2)16-9-17-34(3)27-13-8-7-12-25(27)29(35)30-28-24-15-14-23(20-26(24)31-32-28)37-19-18-36-21-22-10-5-4-6-11-22/h4-8,10-15,20H,9,16-19,21H2,1-3H3,(H2,30,31,32,35). The van der Waals surface area contributed by atoms with Crippen LogP contribution >= 0.6 is 0 Å². The van der Waals surface area contributed by atoms with Gasteiger partial charge < -0.3 is 24.6 Å². The van der Waals surface area contributed by atoms with Crippen molar-refractivity contribution in [3.63, 3.8) is 0 Å². The first-order chi connectivity index (χ1) is 18.0. The highest BCUT2D eigenvalue weighted by Crippen LogP contribution is 2.26. The molecule has 8 nitrogen and oxygen atoms in total. The van der Waals surface area contributed by atoms with Gasteiger partial charge in [0.05, 0.1) is 24.3 Å². The number of hydrogen-bond acceptors (Lipinski definition) is 6. The van der Waals surface area contributed by atoms with Gasteiger partial charge >= 0.3 is 0 Å². The van der Waals surface area contributed by atoms with E-state index in [1.165, 1.54) is 0 Å². The lowest BCUT2D eigenvalue weighted by atomic mass is 10.1. The molecule has 4 rings (SSSR count). The molecule has 8 heteroatoms. The van der Waals surface area contributed by atoms with Crippen LogP contribution in [0.15, 0.2) is 72.8 Å². The van der Waals surface area contributed by atoms with Crippen molar-refractivity contribution in [3.05, 3.63) is 83.9 Å². The number of benzene rings is 3. The van der Waals surface area contributed by atoms with Crippen molar-refractivity contribution in [2.24, 2.45) is 0 Å². The minimum Gasteiger partial charge on any atom is -0.491 e. The van der Waals surface area contributed by atoms with Gasteiger partial charge in [-0.2, -0.15) is 5.10 Å². The Labute approximate surface area is 218 Å². The van der Waals surface area contributed by atoms with Crippen LogP contribution in [0.1, 0.15) is 22.3 Å². The summed E-state index contributed by atoms with van der Waals surface area (Å²) in [4.78, 5) is 17.5. The third-order valence-corrected chi connectivity index (χ3v) is 6.03. The summed E-state index contributed by atoms with van der Waals surface area (Å²) in [5.74, 6) is 1.00. The molecule has 2 N–H and O–H groups in total. The van der Waals surface area contributed by atoms with Gasteiger partial charge in [-0.15, -0.1) is 0 Å². The van der Waals surface area contributed by atoms with Crippen molar-refractivity contribution in [2.75, 3.05) is 57.7 Å². The normalized spacial score (nSPS) is 11.1. The van der Waals surface area contributed by atoms with Gasteiger partial charge in [-0.05, 0) is 56.9 Å². The number of aromatic amines is 1. The topological polar surface area (TPSA) is 82.7 Å². The number of carbonyl (C=O) groups excluding carboxylic acids is 1. The number of ether oxygens (including phenoxy) is 2. The Bertz CT molecular complexity index is 1290. The summed E-state index contributed by atoms with van der Waals surface area (Å²) in [6.45, 7) is 3.33. The Morgan fingerprint density at radius 2 is 1.73 bits per heavy atom. The highest BCUT2D eigenvalue weighted by molar-refractivity contribution is 6.10. The van der Waals surface area contributed by atoms with Crippen LogP contribution in [0.2, 0.25) is 0 Å². The van der Waals surface area contributed by atoms with E-state index in [9.17, 15) is 4.79 Å². The minimum atomic E-state index is -0.195. The number of rotatable bonds is 13. The largest absolute Gasteiger partial charge is 0.491 e. The molecule has 0 aliphatic rings. The zero-order valence-electron chi connectivity index (χ0n) is 21.7. The summed E-state index contributed by atoms with van der Waals surface area (Å²) < 4.78 is 11.5. The van der Waals surface area contributed by atoms with E-state index in [-0.39, 0.29) is 5.91 Å². The average Bonchev–Trinajstić information content (AvgIpc) is 3.30. The van der Waals surface area contributed by atoms with E-state index in [1.54, 1.807) is 0 Å². The summed E-state index contributed by atoms with van der Waals surface area (Å²) >= 11 is 0. The molecular formula is C29H35N5O3. The van der Waals surface area contributed by atoms with Crippen LogP contribution in [0.5, 0.6) is 5.75 Å². The predicted octanol–water partition coefficient (Wildman–Crippen LogP) is 4.80. The van der Waals surface area contributed by atoms with Crippen LogP contribution in [0.25, 0.3) is 10.9 Å². The highest BCUT2D eigenvalue weighted by Gasteiger charge is 2.17. The lowest BCUT2D eigenvalue weighted by Gasteiger charge is -2.22. The van der Waals surface area contributed by atoms with Crippen molar-refractivity contribution < 1.29 is 14.3 Å². The van der Waals surface area contributed by atoms with Crippen LogP contribution < -0.4 is 15.0 Å². The van der Waals surface area contributed by atoms with Gasteiger partial charge in [0.2, 0.25) is 0 Å². The summed E-state index contributed by atoms with van der Waals surface area (Å²) in [7, 11) is 6.14. The molecule has 194 valence electrons. The van der Waals surface area contributed by atoms with Gasteiger partial charge in [-0.1, -0.05) is 42.5 Å². The SMILES string of the molecule is CN(C)CCCN(C)c1ccccc1C(=O)Nc1n[nH]c2cc(OCCOCc3ccccc3)ccc12. The van der Waals surface area contributed by atoms with Crippen molar-refractivity contribution in [1.29, 1.82) is 0 Å².